The summed E-state index contributed by atoms with van der Waals surface area (Å²) < 4.78 is 31.8. The molecule has 2 fully saturated rings. The van der Waals surface area contributed by atoms with Crippen LogP contribution < -0.4 is 10.2 Å². The zero-order valence-electron chi connectivity index (χ0n) is 17.7. The van der Waals surface area contributed by atoms with E-state index in [-0.39, 0.29) is 49.4 Å². The van der Waals surface area contributed by atoms with Crippen LogP contribution in [0.2, 0.25) is 0 Å². The van der Waals surface area contributed by atoms with Crippen LogP contribution in [-0.2, 0) is 16.1 Å². The van der Waals surface area contributed by atoms with E-state index in [1.165, 1.54) is 0 Å². The van der Waals surface area contributed by atoms with Crippen molar-refractivity contribution in [2.45, 2.75) is 64.3 Å². The number of carbonyl (C=O) groups excluding carboxylic acids is 2. The van der Waals surface area contributed by atoms with Crippen LogP contribution in [0.5, 0.6) is 0 Å². The summed E-state index contributed by atoms with van der Waals surface area (Å²) in [6.45, 7) is 4.36. The second kappa shape index (κ2) is 8.36. The van der Waals surface area contributed by atoms with Gasteiger partial charge in [-0.05, 0) is 49.9 Å². The second-order valence-corrected chi connectivity index (χ2v) is 8.57. The first-order valence-corrected chi connectivity index (χ1v) is 10.6. The fourth-order valence-electron chi connectivity index (χ4n) is 4.14. The summed E-state index contributed by atoms with van der Waals surface area (Å²) in [5.74, 6) is -2.91. The molecular formula is C22H26F2N4O3. The molecule has 0 unspecified atom stereocenters. The zero-order chi connectivity index (χ0) is 22.2. The van der Waals surface area contributed by atoms with Crippen molar-refractivity contribution in [1.82, 2.24) is 15.5 Å². The second-order valence-electron chi connectivity index (χ2n) is 8.57. The van der Waals surface area contributed by atoms with Crippen LogP contribution in [0.15, 0.2) is 22.7 Å². The molecule has 0 bridgehead atoms. The van der Waals surface area contributed by atoms with Crippen molar-refractivity contribution in [3.63, 3.8) is 0 Å². The van der Waals surface area contributed by atoms with Gasteiger partial charge < -0.3 is 14.7 Å². The number of hydrogen-bond acceptors (Lipinski definition) is 5. The van der Waals surface area contributed by atoms with Gasteiger partial charge in [-0.1, -0.05) is 11.2 Å². The predicted molar refractivity (Wildman–Crippen MR) is 109 cm³/mol. The van der Waals surface area contributed by atoms with Gasteiger partial charge in [0.05, 0.1) is 12.5 Å². The van der Waals surface area contributed by atoms with Crippen molar-refractivity contribution in [2.24, 2.45) is 5.92 Å². The van der Waals surface area contributed by atoms with Gasteiger partial charge in [-0.3, -0.25) is 9.59 Å². The first-order valence-electron chi connectivity index (χ1n) is 10.6. The third kappa shape index (κ3) is 4.75. The number of aryl methyl sites for hydroxylation is 2. The minimum Gasteiger partial charge on any atom is -0.347 e. The van der Waals surface area contributed by atoms with Crippen molar-refractivity contribution in [2.75, 3.05) is 11.4 Å². The Bertz CT molecular complexity index is 981. The number of aromatic nitrogens is 2. The van der Waals surface area contributed by atoms with Gasteiger partial charge in [0.15, 0.2) is 5.82 Å². The molecule has 1 saturated carbocycles. The van der Waals surface area contributed by atoms with E-state index in [4.69, 9.17) is 4.52 Å². The van der Waals surface area contributed by atoms with Crippen LogP contribution in [0.3, 0.4) is 0 Å². The number of carbonyl (C=O) groups is 2. The Morgan fingerprint density at radius 3 is 2.71 bits per heavy atom. The summed E-state index contributed by atoms with van der Waals surface area (Å²) in [6, 6.07) is 5.81. The summed E-state index contributed by atoms with van der Waals surface area (Å²) in [5.41, 5.74) is 3.03. The molecule has 1 atom stereocenters. The Hall–Kier alpha value is -2.84. The molecule has 0 spiro atoms. The first-order chi connectivity index (χ1) is 14.7. The number of halogens is 2. The quantitative estimate of drug-likeness (QED) is 0.779. The fourth-order valence-corrected chi connectivity index (χ4v) is 4.14. The van der Waals surface area contributed by atoms with Gasteiger partial charge in [0, 0.05) is 37.4 Å². The van der Waals surface area contributed by atoms with Crippen molar-refractivity contribution < 1.29 is 22.9 Å². The third-order valence-electron chi connectivity index (χ3n) is 6.28. The van der Waals surface area contributed by atoms with E-state index in [0.717, 1.165) is 16.8 Å². The largest absolute Gasteiger partial charge is 0.347 e. The number of hydrogen-bond donors (Lipinski definition) is 1. The molecule has 1 aromatic carbocycles. The Morgan fingerprint density at radius 1 is 1.26 bits per heavy atom. The van der Waals surface area contributed by atoms with Gasteiger partial charge in [-0.2, -0.15) is 4.98 Å². The van der Waals surface area contributed by atoms with Gasteiger partial charge in [0.25, 0.3) is 0 Å². The minimum absolute atomic E-state index is 0.0447. The van der Waals surface area contributed by atoms with E-state index in [0.29, 0.717) is 25.2 Å². The van der Waals surface area contributed by atoms with Gasteiger partial charge in [-0.15, -0.1) is 0 Å². The maximum absolute atomic E-state index is 13.3. The first kappa shape index (κ1) is 21.4. The van der Waals surface area contributed by atoms with Gasteiger partial charge in [0.1, 0.15) is 0 Å². The summed E-state index contributed by atoms with van der Waals surface area (Å²) >= 11 is 0. The Morgan fingerprint density at radius 2 is 2.00 bits per heavy atom. The maximum atomic E-state index is 13.3. The van der Waals surface area contributed by atoms with Gasteiger partial charge in [0.2, 0.25) is 23.6 Å². The van der Waals surface area contributed by atoms with Crippen LogP contribution in [0, 0.1) is 19.8 Å². The Balaban J connectivity index is 1.31. The smallest absolute Gasteiger partial charge is 0.248 e. The summed E-state index contributed by atoms with van der Waals surface area (Å²) in [6.07, 6.45) is 0.424. The molecule has 1 aromatic heterocycles. The third-order valence-corrected chi connectivity index (χ3v) is 6.28. The van der Waals surface area contributed by atoms with E-state index >= 15 is 0 Å². The van der Waals surface area contributed by atoms with E-state index in [9.17, 15) is 18.4 Å². The fraction of sp³-hybridized carbons (Fsp3) is 0.545. The maximum Gasteiger partial charge on any atom is 0.248 e. The summed E-state index contributed by atoms with van der Waals surface area (Å²) in [5, 5.41) is 6.65. The standard InChI is InChI=1S/C22H26F2N4O3/c1-13-3-4-17(9-14(13)2)28-12-16(10-19(28)29)21(30)25-11-18-26-20(27-31-18)15-5-7-22(23,24)8-6-15/h3-4,9,15-16H,5-8,10-12H2,1-2H3,(H,25,30)/t16-/m0/s1. The highest BCUT2D eigenvalue weighted by Crippen LogP contribution is 2.39. The van der Waals surface area contributed by atoms with Crippen molar-refractivity contribution in [3.05, 3.63) is 41.0 Å². The summed E-state index contributed by atoms with van der Waals surface area (Å²) in [7, 11) is 0. The molecular weight excluding hydrogens is 406 g/mol. The lowest BCUT2D eigenvalue weighted by molar-refractivity contribution is -0.126. The van der Waals surface area contributed by atoms with Crippen LogP contribution in [0.1, 0.15) is 60.9 Å². The summed E-state index contributed by atoms with van der Waals surface area (Å²) in [4.78, 5) is 30.9. The Kier molecular flexibility index (Phi) is 5.77. The predicted octanol–water partition coefficient (Wildman–Crippen LogP) is 3.65. The van der Waals surface area contributed by atoms with Gasteiger partial charge in [-0.25, -0.2) is 8.78 Å². The molecule has 0 radical (unpaired) electrons. The van der Waals surface area contributed by atoms with E-state index in [2.05, 4.69) is 15.5 Å². The lowest BCUT2D eigenvalue weighted by Gasteiger charge is -2.26. The number of alkyl halides is 2. The van der Waals surface area contributed by atoms with Crippen LogP contribution >= 0.6 is 0 Å². The average molecular weight is 432 g/mol. The number of benzene rings is 1. The SMILES string of the molecule is Cc1ccc(N2C[C@@H](C(=O)NCc3nc(C4CCC(F)(F)CC4)no3)CC2=O)cc1C. The number of nitrogens with one attached hydrogen (secondary N) is 1. The lowest BCUT2D eigenvalue weighted by atomic mass is 9.86. The van der Waals surface area contributed by atoms with Crippen molar-refractivity contribution in [1.29, 1.82) is 0 Å². The number of nitrogens with zero attached hydrogens (tertiary/aromatic N) is 3. The van der Waals surface area contributed by atoms with E-state index in [1.54, 1.807) is 4.90 Å². The normalized spacial score (nSPS) is 21.5. The highest BCUT2D eigenvalue weighted by molar-refractivity contribution is 6.00. The molecule has 1 N–H and O–H groups in total. The van der Waals surface area contributed by atoms with Crippen LogP contribution in [-0.4, -0.2) is 34.4 Å². The van der Waals surface area contributed by atoms with Gasteiger partial charge >= 0.3 is 0 Å². The highest BCUT2D eigenvalue weighted by atomic mass is 19.3. The van der Waals surface area contributed by atoms with Crippen LogP contribution in [0.4, 0.5) is 14.5 Å². The number of rotatable bonds is 5. The number of amides is 2. The molecule has 2 aliphatic rings. The molecule has 1 saturated heterocycles. The van der Waals surface area contributed by atoms with E-state index in [1.807, 2.05) is 32.0 Å². The topological polar surface area (TPSA) is 88.3 Å². The number of anilines is 1. The molecule has 2 aromatic rings. The zero-order valence-corrected chi connectivity index (χ0v) is 17.7. The van der Waals surface area contributed by atoms with Crippen molar-refractivity contribution in [3.8, 4) is 0 Å². The molecule has 1 aliphatic carbocycles. The molecule has 7 nitrogen and oxygen atoms in total. The molecule has 9 heteroatoms. The van der Waals surface area contributed by atoms with Crippen LogP contribution in [0.25, 0.3) is 0 Å². The Labute approximate surface area is 179 Å². The minimum atomic E-state index is -2.61. The lowest BCUT2D eigenvalue weighted by Crippen LogP contribution is -2.32. The molecule has 2 heterocycles. The average Bonchev–Trinajstić information content (AvgIpc) is 3.35. The molecule has 2 amide bonds. The van der Waals surface area contributed by atoms with E-state index < -0.39 is 11.8 Å². The monoisotopic (exact) mass is 432 g/mol. The molecule has 1 aliphatic heterocycles. The molecule has 4 rings (SSSR count). The molecule has 166 valence electrons. The highest BCUT2D eigenvalue weighted by Gasteiger charge is 2.37. The van der Waals surface area contributed by atoms with Crippen molar-refractivity contribution >= 4 is 17.5 Å². The molecule has 31 heavy (non-hydrogen) atoms.